The fourth-order valence-electron chi connectivity index (χ4n) is 3.36. The van der Waals surface area contributed by atoms with Crippen molar-refractivity contribution in [3.8, 4) is 0 Å². The molecule has 138 valence electrons. The van der Waals surface area contributed by atoms with Gasteiger partial charge in [0.15, 0.2) is 11.5 Å². The summed E-state index contributed by atoms with van der Waals surface area (Å²) in [5.74, 6) is -0.873. The molecule has 27 heavy (non-hydrogen) atoms. The number of aliphatic hydroxyl groups excluding tert-OH is 1. The first kappa shape index (κ1) is 17.5. The zero-order valence-electron chi connectivity index (χ0n) is 15.0. The molecule has 0 saturated heterocycles. The molecule has 6 nitrogen and oxygen atoms in total. The number of rotatable bonds is 5. The van der Waals surface area contributed by atoms with Gasteiger partial charge in [0.25, 0.3) is 5.91 Å². The molecule has 2 N–H and O–H groups in total. The van der Waals surface area contributed by atoms with Crippen LogP contribution < -0.4 is 4.90 Å². The van der Waals surface area contributed by atoms with Crippen LogP contribution in [0.15, 0.2) is 53.1 Å². The highest BCUT2D eigenvalue weighted by molar-refractivity contribution is 7.10. The van der Waals surface area contributed by atoms with Crippen LogP contribution in [0.4, 0.5) is 5.95 Å². The Kier molecular flexibility index (Phi) is 4.31. The summed E-state index contributed by atoms with van der Waals surface area (Å²) >= 11 is 1.44. The summed E-state index contributed by atoms with van der Waals surface area (Å²) in [4.78, 5) is 35.6. The zero-order valence-corrected chi connectivity index (χ0v) is 15.8. The van der Waals surface area contributed by atoms with E-state index in [1.807, 2.05) is 55.6 Å². The van der Waals surface area contributed by atoms with E-state index in [4.69, 9.17) is 0 Å². The van der Waals surface area contributed by atoms with E-state index in [0.717, 1.165) is 10.4 Å². The molecule has 3 aromatic rings. The van der Waals surface area contributed by atoms with Crippen LogP contribution in [0, 0.1) is 5.92 Å². The Balaban J connectivity index is 1.84. The first-order chi connectivity index (χ1) is 13.0. The molecule has 0 aliphatic carbocycles. The Labute approximate surface area is 160 Å². The number of amides is 1. The monoisotopic (exact) mass is 381 g/mol. The Morgan fingerprint density at radius 3 is 2.74 bits per heavy atom. The molecule has 4 rings (SSSR count). The highest BCUT2D eigenvalue weighted by Gasteiger charge is 2.45. The number of anilines is 1. The second-order valence-corrected chi connectivity index (χ2v) is 7.93. The van der Waals surface area contributed by atoms with Crippen LogP contribution in [0.2, 0.25) is 0 Å². The number of imidazole rings is 1. The summed E-state index contributed by atoms with van der Waals surface area (Å²) in [5.41, 5.74) is 1.65. The van der Waals surface area contributed by atoms with E-state index in [9.17, 15) is 14.7 Å². The van der Waals surface area contributed by atoms with Gasteiger partial charge in [0.2, 0.25) is 5.95 Å². The van der Waals surface area contributed by atoms with Gasteiger partial charge >= 0.3 is 0 Å². The van der Waals surface area contributed by atoms with E-state index in [-0.39, 0.29) is 23.7 Å². The molecule has 1 aliphatic heterocycles. The average molecular weight is 381 g/mol. The highest BCUT2D eigenvalue weighted by atomic mass is 32.1. The number of aromatic amines is 1. The lowest BCUT2D eigenvalue weighted by Crippen LogP contribution is -2.31. The van der Waals surface area contributed by atoms with Crippen LogP contribution in [-0.4, -0.2) is 26.8 Å². The predicted octanol–water partition coefficient (Wildman–Crippen LogP) is 4.14. The predicted molar refractivity (Wildman–Crippen MR) is 105 cm³/mol. The third-order valence-electron chi connectivity index (χ3n) is 4.52. The maximum absolute atomic E-state index is 12.9. The van der Waals surface area contributed by atoms with Gasteiger partial charge in [-0.3, -0.25) is 14.5 Å². The molecule has 0 bridgehead atoms. The van der Waals surface area contributed by atoms with E-state index >= 15 is 0 Å². The number of hydrogen-bond donors (Lipinski definition) is 2. The minimum Gasteiger partial charge on any atom is -0.503 e. The molecule has 0 spiro atoms. The van der Waals surface area contributed by atoms with Crippen LogP contribution in [0.5, 0.6) is 0 Å². The van der Waals surface area contributed by atoms with Gasteiger partial charge in [-0.05, 0) is 29.5 Å². The number of aliphatic hydroxyl groups is 1. The number of benzene rings is 1. The fourth-order valence-corrected chi connectivity index (χ4v) is 4.18. The lowest BCUT2D eigenvalue weighted by molar-refractivity contribution is -0.118. The minimum absolute atomic E-state index is 0.122. The highest BCUT2D eigenvalue weighted by Crippen LogP contribution is 2.42. The normalized spacial score (nSPS) is 17.5. The number of carbonyl (C=O) groups excluding carboxylic acids is 2. The van der Waals surface area contributed by atoms with Gasteiger partial charge < -0.3 is 10.1 Å². The number of thiophene rings is 1. The van der Waals surface area contributed by atoms with Crippen molar-refractivity contribution in [1.82, 2.24) is 9.97 Å². The molecule has 7 heteroatoms. The van der Waals surface area contributed by atoms with Gasteiger partial charge in [0, 0.05) is 11.3 Å². The molecule has 1 unspecified atom stereocenters. The molecule has 0 radical (unpaired) electrons. The summed E-state index contributed by atoms with van der Waals surface area (Å²) < 4.78 is 0. The first-order valence-electron chi connectivity index (χ1n) is 8.75. The Morgan fingerprint density at radius 1 is 1.30 bits per heavy atom. The SMILES string of the molecule is CC(C)CC(=O)C1=C(O)C(=O)N(c2nc3ccccc3[nH]2)C1c1cccs1. The van der Waals surface area contributed by atoms with Crippen molar-refractivity contribution in [3.63, 3.8) is 0 Å². The zero-order chi connectivity index (χ0) is 19.1. The largest absolute Gasteiger partial charge is 0.503 e. The van der Waals surface area contributed by atoms with Gasteiger partial charge in [-0.15, -0.1) is 11.3 Å². The maximum Gasteiger partial charge on any atom is 0.296 e. The van der Waals surface area contributed by atoms with Gasteiger partial charge in [-0.25, -0.2) is 4.98 Å². The van der Waals surface area contributed by atoms with Gasteiger partial charge in [-0.1, -0.05) is 32.0 Å². The van der Waals surface area contributed by atoms with Crippen molar-refractivity contribution in [2.45, 2.75) is 26.3 Å². The molecule has 0 fully saturated rings. The van der Waals surface area contributed by atoms with E-state index in [0.29, 0.717) is 11.5 Å². The van der Waals surface area contributed by atoms with Gasteiger partial charge in [0.05, 0.1) is 16.6 Å². The van der Waals surface area contributed by atoms with Crippen LogP contribution in [0.25, 0.3) is 11.0 Å². The number of fused-ring (bicyclic) bond motifs is 1. The van der Waals surface area contributed by atoms with Crippen molar-refractivity contribution in [2.75, 3.05) is 4.90 Å². The van der Waals surface area contributed by atoms with E-state index in [1.165, 1.54) is 16.2 Å². The number of ketones is 1. The smallest absolute Gasteiger partial charge is 0.296 e. The van der Waals surface area contributed by atoms with Crippen molar-refractivity contribution in [2.24, 2.45) is 5.92 Å². The number of para-hydroxylation sites is 2. The summed E-state index contributed by atoms with van der Waals surface area (Å²) in [6.45, 7) is 3.87. The number of nitrogens with one attached hydrogen (secondary N) is 1. The van der Waals surface area contributed by atoms with Gasteiger partial charge in [-0.2, -0.15) is 0 Å². The third-order valence-corrected chi connectivity index (χ3v) is 5.44. The number of nitrogens with zero attached hydrogens (tertiary/aromatic N) is 2. The lowest BCUT2D eigenvalue weighted by atomic mass is 9.95. The van der Waals surface area contributed by atoms with Crippen LogP contribution in [-0.2, 0) is 9.59 Å². The van der Waals surface area contributed by atoms with Crippen molar-refractivity contribution in [3.05, 3.63) is 58.0 Å². The summed E-state index contributed by atoms with van der Waals surface area (Å²) in [6, 6.07) is 10.5. The maximum atomic E-state index is 12.9. The van der Waals surface area contributed by atoms with Crippen molar-refractivity contribution in [1.29, 1.82) is 0 Å². The molecule has 2 aromatic heterocycles. The number of hydrogen-bond acceptors (Lipinski definition) is 5. The minimum atomic E-state index is -0.677. The molecule has 1 atom stereocenters. The second-order valence-electron chi connectivity index (χ2n) is 6.95. The second kappa shape index (κ2) is 6.66. The van der Waals surface area contributed by atoms with Gasteiger partial charge in [0.1, 0.15) is 6.04 Å². The molecule has 1 aromatic carbocycles. The average Bonchev–Trinajstić information content (AvgIpc) is 3.33. The van der Waals surface area contributed by atoms with E-state index < -0.39 is 17.7 Å². The van der Waals surface area contributed by atoms with Crippen LogP contribution in [0.3, 0.4) is 0 Å². The van der Waals surface area contributed by atoms with Crippen LogP contribution in [0.1, 0.15) is 31.2 Å². The molecular formula is C20H19N3O3S. The van der Waals surface area contributed by atoms with Crippen molar-refractivity contribution < 1.29 is 14.7 Å². The standard InChI is InChI=1S/C20H19N3O3S/c1-11(2)10-14(24)16-17(15-8-5-9-27-15)23(19(26)18(16)25)20-21-12-6-3-4-7-13(12)22-20/h3-9,11,17,25H,10H2,1-2H3,(H,21,22). The summed E-state index contributed by atoms with van der Waals surface area (Å²) in [5, 5.41) is 12.4. The molecular weight excluding hydrogens is 362 g/mol. The molecule has 1 aliphatic rings. The summed E-state index contributed by atoms with van der Waals surface area (Å²) in [7, 11) is 0. The van der Waals surface area contributed by atoms with E-state index in [2.05, 4.69) is 9.97 Å². The molecule has 1 amide bonds. The topological polar surface area (TPSA) is 86.3 Å². The quantitative estimate of drug-likeness (QED) is 0.695. The lowest BCUT2D eigenvalue weighted by Gasteiger charge is -2.23. The number of Topliss-reactive ketones (excluding diaryl/α,β-unsaturated/α-hetero) is 1. The van der Waals surface area contributed by atoms with Crippen molar-refractivity contribution >= 4 is 40.0 Å². The first-order valence-corrected chi connectivity index (χ1v) is 9.63. The fraction of sp³-hybridized carbons (Fsp3) is 0.250. The Hall–Kier alpha value is -2.93. The molecule has 0 saturated carbocycles. The van der Waals surface area contributed by atoms with Crippen LogP contribution >= 0.6 is 11.3 Å². The van der Waals surface area contributed by atoms with E-state index in [1.54, 1.807) is 0 Å². The number of carbonyl (C=O) groups is 2. The number of H-pyrrole nitrogens is 1. The summed E-state index contributed by atoms with van der Waals surface area (Å²) in [6.07, 6.45) is 0.266. The third kappa shape index (κ3) is 2.94. The Morgan fingerprint density at radius 2 is 2.07 bits per heavy atom. The Bertz CT molecular complexity index is 1020. The number of aromatic nitrogens is 2. The molecule has 3 heterocycles.